The number of rotatable bonds is 1. The van der Waals surface area contributed by atoms with Crippen molar-refractivity contribution in [1.82, 2.24) is 14.7 Å². The lowest BCUT2D eigenvalue weighted by molar-refractivity contribution is 0.222. The smallest absolute Gasteiger partial charge is 0.323 e. The number of hydrogen-bond donors (Lipinski definition) is 1. The van der Waals surface area contributed by atoms with Crippen molar-refractivity contribution < 1.29 is 4.79 Å². The second-order valence-electron chi connectivity index (χ2n) is 3.77. The topological polar surface area (TPSA) is 74.0 Å². The normalized spacial score (nSPS) is 14.9. The van der Waals surface area contributed by atoms with Crippen LogP contribution >= 0.6 is 0 Å². The predicted octanol–water partition coefficient (Wildman–Crippen LogP) is 0.919. The number of urea groups is 1. The molecular formula is C10H13N5O. The van der Waals surface area contributed by atoms with E-state index in [-0.39, 0.29) is 6.03 Å². The minimum atomic E-state index is -0.155. The maximum atomic E-state index is 11.8. The molecule has 0 aromatic carbocycles. The van der Waals surface area contributed by atoms with E-state index in [0.717, 1.165) is 25.9 Å². The van der Waals surface area contributed by atoms with Gasteiger partial charge >= 0.3 is 6.03 Å². The molecule has 1 saturated heterocycles. The minimum Gasteiger partial charge on any atom is -0.324 e. The van der Waals surface area contributed by atoms with E-state index in [1.807, 2.05) is 6.07 Å². The van der Waals surface area contributed by atoms with Crippen LogP contribution in [0.1, 0.15) is 18.4 Å². The van der Waals surface area contributed by atoms with Gasteiger partial charge in [-0.1, -0.05) is 0 Å². The zero-order valence-corrected chi connectivity index (χ0v) is 9.10. The SMILES string of the molecule is Cn1ncc(C#N)c1NC(=O)N1CCCC1. The summed E-state index contributed by atoms with van der Waals surface area (Å²) in [4.78, 5) is 13.5. The lowest BCUT2D eigenvalue weighted by atomic mass is 10.3. The lowest BCUT2D eigenvalue weighted by Crippen LogP contribution is -2.33. The fourth-order valence-electron chi connectivity index (χ4n) is 1.77. The molecule has 1 aromatic heterocycles. The molecule has 2 rings (SSSR count). The van der Waals surface area contributed by atoms with Gasteiger partial charge in [0.2, 0.25) is 0 Å². The third kappa shape index (κ3) is 1.84. The van der Waals surface area contributed by atoms with Crippen molar-refractivity contribution in [1.29, 1.82) is 5.26 Å². The number of aromatic nitrogens is 2. The molecule has 1 N–H and O–H groups in total. The number of aryl methyl sites for hydroxylation is 1. The van der Waals surface area contributed by atoms with Gasteiger partial charge in [-0.2, -0.15) is 10.4 Å². The van der Waals surface area contributed by atoms with Crippen molar-refractivity contribution in [2.75, 3.05) is 18.4 Å². The fourth-order valence-corrected chi connectivity index (χ4v) is 1.77. The monoisotopic (exact) mass is 219 g/mol. The molecular weight excluding hydrogens is 206 g/mol. The van der Waals surface area contributed by atoms with Gasteiger partial charge in [-0.3, -0.25) is 10.00 Å². The van der Waals surface area contributed by atoms with Gasteiger partial charge < -0.3 is 4.90 Å². The number of amides is 2. The maximum absolute atomic E-state index is 11.8. The van der Waals surface area contributed by atoms with E-state index in [0.29, 0.717) is 11.4 Å². The predicted molar refractivity (Wildman–Crippen MR) is 57.7 cm³/mol. The first-order valence-corrected chi connectivity index (χ1v) is 5.20. The van der Waals surface area contributed by atoms with Crippen molar-refractivity contribution in [3.63, 3.8) is 0 Å². The summed E-state index contributed by atoms with van der Waals surface area (Å²) in [6, 6.07) is 1.84. The minimum absolute atomic E-state index is 0.155. The second kappa shape index (κ2) is 4.23. The van der Waals surface area contributed by atoms with Gasteiger partial charge in [0.1, 0.15) is 17.5 Å². The first kappa shape index (κ1) is 10.5. The van der Waals surface area contributed by atoms with Crippen LogP contribution in [0.5, 0.6) is 0 Å². The van der Waals surface area contributed by atoms with E-state index < -0.39 is 0 Å². The van der Waals surface area contributed by atoms with Gasteiger partial charge in [-0.25, -0.2) is 4.79 Å². The summed E-state index contributed by atoms with van der Waals surface area (Å²) in [5, 5.41) is 15.5. The van der Waals surface area contributed by atoms with Crippen molar-refractivity contribution in [3.05, 3.63) is 11.8 Å². The van der Waals surface area contributed by atoms with Crippen molar-refractivity contribution in [2.24, 2.45) is 7.05 Å². The van der Waals surface area contributed by atoms with Gasteiger partial charge in [-0.15, -0.1) is 0 Å². The molecule has 1 fully saturated rings. The third-order valence-corrected chi connectivity index (χ3v) is 2.68. The van der Waals surface area contributed by atoms with E-state index in [4.69, 9.17) is 5.26 Å². The number of carbonyl (C=O) groups is 1. The molecule has 0 radical (unpaired) electrons. The van der Waals surface area contributed by atoms with E-state index in [9.17, 15) is 4.79 Å². The first-order valence-electron chi connectivity index (χ1n) is 5.20. The Kier molecular flexibility index (Phi) is 2.77. The average Bonchev–Trinajstić information content (AvgIpc) is 2.89. The molecule has 0 spiro atoms. The highest BCUT2D eigenvalue weighted by Gasteiger charge is 2.20. The van der Waals surface area contributed by atoms with Crippen molar-refractivity contribution in [3.8, 4) is 6.07 Å². The average molecular weight is 219 g/mol. The molecule has 6 nitrogen and oxygen atoms in total. The van der Waals surface area contributed by atoms with E-state index >= 15 is 0 Å². The Morgan fingerprint density at radius 3 is 2.88 bits per heavy atom. The van der Waals surface area contributed by atoms with Crippen LogP contribution in [0.25, 0.3) is 0 Å². The van der Waals surface area contributed by atoms with E-state index in [1.165, 1.54) is 10.9 Å². The molecule has 1 aromatic rings. The number of anilines is 1. The second-order valence-corrected chi connectivity index (χ2v) is 3.77. The van der Waals surface area contributed by atoms with Crippen molar-refractivity contribution in [2.45, 2.75) is 12.8 Å². The van der Waals surface area contributed by atoms with Crippen LogP contribution in [-0.2, 0) is 7.05 Å². The number of nitriles is 1. The molecule has 6 heteroatoms. The van der Waals surface area contributed by atoms with Gasteiger partial charge in [0, 0.05) is 20.1 Å². The Bertz CT molecular complexity index is 439. The van der Waals surface area contributed by atoms with Crippen LogP contribution in [-0.4, -0.2) is 33.8 Å². The molecule has 16 heavy (non-hydrogen) atoms. The summed E-state index contributed by atoms with van der Waals surface area (Å²) in [7, 11) is 1.69. The molecule has 0 unspecified atom stereocenters. The van der Waals surface area contributed by atoms with Crippen LogP contribution in [0.15, 0.2) is 6.20 Å². The summed E-state index contributed by atoms with van der Waals surface area (Å²) in [6.07, 6.45) is 3.54. The largest absolute Gasteiger partial charge is 0.324 e. The number of nitrogens with zero attached hydrogens (tertiary/aromatic N) is 4. The van der Waals surface area contributed by atoms with Gasteiger partial charge in [0.05, 0.1) is 6.20 Å². The quantitative estimate of drug-likeness (QED) is 0.763. The summed E-state index contributed by atoms with van der Waals surface area (Å²) >= 11 is 0. The number of carbonyl (C=O) groups excluding carboxylic acids is 1. The summed E-state index contributed by atoms with van der Waals surface area (Å²) < 4.78 is 1.49. The Balaban J connectivity index is 2.11. The molecule has 1 aliphatic heterocycles. The molecule has 1 aliphatic rings. The zero-order chi connectivity index (χ0) is 11.5. The Morgan fingerprint density at radius 2 is 2.25 bits per heavy atom. The number of hydrogen-bond acceptors (Lipinski definition) is 3. The highest BCUT2D eigenvalue weighted by Crippen LogP contribution is 2.15. The molecule has 2 heterocycles. The first-order chi connectivity index (χ1) is 7.72. The summed E-state index contributed by atoms with van der Waals surface area (Å²) in [6.45, 7) is 1.57. The standard InChI is InChI=1S/C10H13N5O/c1-14-9(8(6-11)7-12-14)13-10(16)15-4-2-3-5-15/h7H,2-5H2,1H3,(H,13,16). The van der Waals surface area contributed by atoms with Gasteiger partial charge in [0.15, 0.2) is 0 Å². The fraction of sp³-hybridized carbons (Fsp3) is 0.500. The van der Waals surface area contributed by atoms with Crippen LogP contribution in [0.3, 0.4) is 0 Å². The summed E-state index contributed by atoms with van der Waals surface area (Å²) in [5.41, 5.74) is 0.384. The number of likely N-dealkylation sites (tertiary alicyclic amines) is 1. The zero-order valence-electron chi connectivity index (χ0n) is 9.10. The van der Waals surface area contributed by atoms with E-state index in [2.05, 4.69) is 10.4 Å². The molecule has 0 bridgehead atoms. The number of nitrogens with one attached hydrogen (secondary N) is 1. The van der Waals surface area contributed by atoms with Crippen molar-refractivity contribution >= 4 is 11.8 Å². The van der Waals surface area contributed by atoms with Crippen LogP contribution in [0, 0.1) is 11.3 Å². The lowest BCUT2D eigenvalue weighted by Gasteiger charge is -2.16. The van der Waals surface area contributed by atoms with E-state index in [1.54, 1.807) is 11.9 Å². The molecule has 84 valence electrons. The molecule has 0 aliphatic carbocycles. The molecule has 2 amide bonds. The third-order valence-electron chi connectivity index (χ3n) is 2.68. The van der Waals surface area contributed by atoms with Gasteiger partial charge in [0.25, 0.3) is 0 Å². The van der Waals surface area contributed by atoms with Crippen LogP contribution in [0.4, 0.5) is 10.6 Å². The molecule has 0 atom stereocenters. The van der Waals surface area contributed by atoms with Gasteiger partial charge in [-0.05, 0) is 12.8 Å². The highest BCUT2D eigenvalue weighted by molar-refractivity contribution is 5.89. The molecule has 0 saturated carbocycles. The maximum Gasteiger partial charge on any atom is 0.323 e. The van der Waals surface area contributed by atoms with Crippen LogP contribution < -0.4 is 5.32 Å². The Labute approximate surface area is 93.5 Å². The highest BCUT2D eigenvalue weighted by atomic mass is 16.2. The van der Waals surface area contributed by atoms with Crippen LogP contribution in [0.2, 0.25) is 0 Å². The Hall–Kier alpha value is -2.03. The summed E-state index contributed by atoms with van der Waals surface area (Å²) in [5.74, 6) is 0.458. The Morgan fingerprint density at radius 1 is 1.56 bits per heavy atom.